The first-order chi connectivity index (χ1) is 14.6. The minimum absolute atomic E-state index is 0.125. The third-order valence-corrected chi connectivity index (χ3v) is 5.26. The molecule has 4 aromatic rings. The van der Waals surface area contributed by atoms with Crippen molar-refractivity contribution >= 4 is 39.0 Å². The average Bonchev–Trinajstić information content (AvgIpc) is 2.78. The summed E-state index contributed by atoms with van der Waals surface area (Å²) in [4.78, 5) is 18.0. The van der Waals surface area contributed by atoms with E-state index in [1.807, 2.05) is 72.8 Å². The fraction of sp³-hybridized carbons (Fsp3) is 0.0833. The summed E-state index contributed by atoms with van der Waals surface area (Å²) in [7, 11) is 3.20. The molecule has 0 saturated heterocycles. The van der Waals surface area contributed by atoms with Gasteiger partial charge in [-0.2, -0.15) is 0 Å². The van der Waals surface area contributed by atoms with Crippen LogP contribution < -0.4 is 15.0 Å². The Balaban J connectivity index is 1.92. The van der Waals surface area contributed by atoms with E-state index in [-0.39, 0.29) is 5.56 Å². The lowest BCUT2D eigenvalue weighted by Crippen LogP contribution is -2.22. The Bertz CT molecular complexity index is 1290. The number of ether oxygens (including phenoxy) is 2. The summed E-state index contributed by atoms with van der Waals surface area (Å²) in [5.74, 6) is 1.77. The number of hydrogen-bond donors (Lipinski definition) is 0. The van der Waals surface area contributed by atoms with Crippen molar-refractivity contribution in [3.63, 3.8) is 0 Å². The van der Waals surface area contributed by atoms with Crippen molar-refractivity contribution in [3.8, 4) is 17.2 Å². The highest BCUT2D eigenvalue weighted by molar-refractivity contribution is 9.10. The highest BCUT2D eigenvalue weighted by Crippen LogP contribution is 2.32. The van der Waals surface area contributed by atoms with Gasteiger partial charge in [-0.05, 0) is 54.6 Å². The standard InChI is InChI=1S/C24H19BrN2O3/c1-29-21-9-5-6-16(23(21)30-2)10-15-22-26-20-8-4-3-7-19(20)24(28)27(22)18-13-11-17(25)12-14-18/h3-15H,1-2H3/b15-10+. The van der Waals surface area contributed by atoms with Crippen LogP contribution in [0.1, 0.15) is 11.4 Å². The Morgan fingerprint density at radius 3 is 2.40 bits per heavy atom. The summed E-state index contributed by atoms with van der Waals surface area (Å²) < 4.78 is 13.4. The lowest BCUT2D eigenvalue weighted by atomic mass is 10.1. The third-order valence-electron chi connectivity index (χ3n) is 4.73. The zero-order valence-corrected chi connectivity index (χ0v) is 18.1. The van der Waals surface area contributed by atoms with Crippen molar-refractivity contribution in [3.05, 3.63) is 92.9 Å². The predicted molar refractivity (Wildman–Crippen MR) is 124 cm³/mol. The molecule has 0 aliphatic rings. The number of aromatic nitrogens is 2. The molecule has 0 N–H and O–H groups in total. The fourth-order valence-electron chi connectivity index (χ4n) is 3.31. The summed E-state index contributed by atoms with van der Waals surface area (Å²) in [6, 6.07) is 20.5. The van der Waals surface area contributed by atoms with E-state index in [2.05, 4.69) is 15.9 Å². The van der Waals surface area contributed by atoms with Gasteiger partial charge in [0, 0.05) is 10.0 Å². The van der Waals surface area contributed by atoms with E-state index in [1.165, 1.54) is 0 Å². The van der Waals surface area contributed by atoms with Crippen LogP contribution in [0.25, 0.3) is 28.7 Å². The Kier molecular flexibility index (Phi) is 5.68. The first kappa shape index (κ1) is 19.9. The highest BCUT2D eigenvalue weighted by Gasteiger charge is 2.12. The number of nitrogens with zero attached hydrogens (tertiary/aromatic N) is 2. The summed E-state index contributed by atoms with van der Waals surface area (Å²) in [5, 5.41) is 0.566. The smallest absolute Gasteiger partial charge is 0.266 e. The van der Waals surface area contributed by atoms with Gasteiger partial charge < -0.3 is 9.47 Å². The van der Waals surface area contributed by atoms with E-state index in [4.69, 9.17) is 14.5 Å². The molecule has 30 heavy (non-hydrogen) atoms. The molecule has 0 aliphatic carbocycles. The van der Waals surface area contributed by atoms with Crippen LogP contribution in [0.2, 0.25) is 0 Å². The second-order valence-corrected chi connectivity index (χ2v) is 7.44. The van der Waals surface area contributed by atoms with Gasteiger partial charge in [0.1, 0.15) is 5.82 Å². The van der Waals surface area contributed by atoms with Gasteiger partial charge in [0.15, 0.2) is 11.5 Å². The number of rotatable bonds is 5. The Morgan fingerprint density at radius 2 is 1.67 bits per heavy atom. The summed E-state index contributed by atoms with van der Waals surface area (Å²) >= 11 is 3.44. The molecule has 0 atom stereocenters. The second-order valence-electron chi connectivity index (χ2n) is 6.52. The number of benzene rings is 3. The minimum Gasteiger partial charge on any atom is -0.493 e. The number of halogens is 1. The van der Waals surface area contributed by atoms with Crippen LogP contribution in [0, 0.1) is 0 Å². The van der Waals surface area contributed by atoms with Crippen molar-refractivity contribution in [2.45, 2.75) is 0 Å². The van der Waals surface area contributed by atoms with Crippen molar-refractivity contribution in [1.82, 2.24) is 9.55 Å². The van der Waals surface area contributed by atoms with Gasteiger partial charge in [0.05, 0.1) is 30.8 Å². The number of para-hydroxylation sites is 2. The van der Waals surface area contributed by atoms with Gasteiger partial charge in [0.2, 0.25) is 0 Å². The molecular formula is C24H19BrN2O3. The Labute approximate surface area is 182 Å². The van der Waals surface area contributed by atoms with Crippen molar-refractivity contribution in [2.75, 3.05) is 14.2 Å². The molecule has 6 heteroatoms. The van der Waals surface area contributed by atoms with Crippen LogP contribution in [-0.4, -0.2) is 23.8 Å². The fourth-order valence-corrected chi connectivity index (χ4v) is 3.57. The maximum atomic E-state index is 13.3. The topological polar surface area (TPSA) is 53.3 Å². The van der Waals surface area contributed by atoms with Crippen molar-refractivity contribution in [1.29, 1.82) is 0 Å². The predicted octanol–water partition coefficient (Wildman–Crippen LogP) is 5.34. The highest BCUT2D eigenvalue weighted by atomic mass is 79.9. The first-order valence-electron chi connectivity index (χ1n) is 9.29. The van der Waals surface area contributed by atoms with E-state index in [0.29, 0.717) is 28.2 Å². The molecule has 4 rings (SSSR count). The normalized spacial score (nSPS) is 11.2. The molecule has 0 saturated carbocycles. The van der Waals surface area contributed by atoms with Gasteiger partial charge >= 0.3 is 0 Å². The molecule has 0 spiro atoms. The maximum Gasteiger partial charge on any atom is 0.266 e. The van der Waals surface area contributed by atoms with E-state index in [1.54, 1.807) is 24.9 Å². The minimum atomic E-state index is -0.125. The van der Waals surface area contributed by atoms with Gasteiger partial charge in [-0.3, -0.25) is 9.36 Å². The average molecular weight is 463 g/mol. The lowest BCUT2D eigenvalue weighted by Gasteiger charge is -2.12. The second kappa shape index (κ2) is 8.55. The monoisotopic (exact) mass is 462 g/mol. The van der Waals surface area contributed by atoms with Crippen LogP contribution in [0.15, 0.2) is 76.0 Å². The first-order valence-corrected chi connectivity index (χ1v) is 10.1. The van der Waals surface area contributed by atoms with E-state index in [9.17, 15) is 4.79 Å². The van der Waals surface area contributed by atoms with E-state index >= 15 is 0 Å². The zero-order valence-electron chi connectivity index (χ0n) is 16.5. The molecule has 0 radical (unpaired) electrons. The quantitative estimate of drug-likeness (QED) is 0.401. The van der Waals surface area contributed by atoms with Crippen LogP contribution in [-0.2, 0) is 0 Å². The number of methoxy groups -OCH3 is 2. The van der Waals surface area contributed by atoms with Crippen LogP contribution in [0.5, 0.6) is 11.5 Å². The van der Waals surface area contributed by atoms with Crippen LogP contribution >= 0.6 is 15.9 Å². The lowest BCUT2D eigenvalue weighted by molar-refractivity contribution is 0.354. The molecule has 3 aromatic carbocycles. The molecule has 0 bridgehead atoms. The zero-order chi connectivity index (χ0) is 21.1. The Hall–Kier alpha value is -3.38. The molecule has 1 aromatic heterocycles. The van der Waals surface area contributed by atoms with Crippen molar-refractivity contribution < 1.29 is 9.47 Å². The van der Waals surface area contributed by atoms with Gasteiger partial charge in [-0.1, -0.05) is 40.2 Å². The largest absolute Gasteiger partial charge is 0.493 e. The molecule has 0 aliphatic heterocycles. The van der Waals surface area contributed by atoms with Gasteiger partial charge in [-0.15, -0.1) is 0 Å². The van der Waals surface area contributed by atoms with E-state index in [0.717, 1.165) is 15.7 Å². The van der Waals surface area contributed by atoms with E-state index < -0.39 is 0 Å². The molecular weight excluding hydrogens is 444 g/mol. The molecule has 0 amide bonds. The molecule has 1 heterocycles. The molecule has 0 unspecified atom stereocenters. The third kappa shape index (κ3) is 3.74. The number of hydrogen-bond acceptors (Lipinski definition) is 4. The number of fused-ring (bicyclic) bond motifs is 1. The Morgan fingerprint density at radius 1 is 0.900 bits per heavy atom. The van der Waals surface area contributed by atoms with Crippen LogP contribution in [0.3, 0.4) is 0 Å². The van der Waals surface area contributed by atoms with Gasteiger partial charge in [0.25, 0.3) is 5.56 Å². The SMILES string of the molecule is COc1cccc(/C=C/c2nc3ccccc3c(=O)n2-c2ccc(Br)cc2)c1OC. The summed E-state index contributed by atoms with van der Waals surface area (Å²) in [6.07, 6.45) is 3.68. The van der Waals surface area contributed by atoms with Crippen molar-refractivity contribution in [2.24, 2.45) is 0 Å². The summed E-state index contributed by atoms with van der Waals surface area (Å²) in [6.45, 7) is 0. The molecule has 0 fully saturated rings. The van der Waals surface area contributed by atoms with Gasteiger partial charge in [-0.25, -0.2) is 4.98 Å². The molecule has 5 nitrogen and oxygen atoms in total. The summed E-state index contributed by atoms with van der Waals surface area (Å²) in [5.41, 5.74) is 2.08. The molecule has 150 valence electrons. The maximum absolute atomic E-state index is 13.3. The van der Waals surface area contributed by atoms with Crippen LogP contribution in [0.4, 0.5) is 0 Å².